The Morgan fingerprint density at radius 3 is 1.36 bits per heavy atom. The van der Waals surface area contributed by atoms with Gasteiger partial charge in [0.15, 0.2) is 0 Å². The second-order valence-corrected chi connectivity index (χ2v) is 15.3. The van der Waals surface area contributed by atoms with Crippen molar-refractivity contribution in [3.8, 4) is 39.3 Å². The molecule has 0 aliphatic carbocycles. The molecule has 59 heavy (non-hydrogen) atoms. The van der Waals surface area contributed by atoms with Gasteiger partial charge in [0.2, 0.25) is 0 Å². The first kappa shape index (κ1) is 33.2. The number of nitrogens with zero attached hydrogens (tertiary/aromatic N) is 3. The number of hydrogen-bond donors (Lipinski definition) is 0. The molecule has 0 aliphatic rings. The minimum Gasteiger partial charge on any atom is -0.309 e. The minimum atomic E-state index is -0.0162. The van der Waals surface area contributed by atoms with Crippen molar-refractivity contribution in [1.82, 2.24) is 13.7 Å². The average Bonchev–Trinajstić information content (AvgIpc) is 3.82. The van der Waals surface area contributed by atoms with E-state index in [0.717, 1.165) is 55.5 Å². The largest absolute Gasteiger partial charge is 0.309 e. The molecule has 3 aromatic heterocycles. The van der Waals surface area contributed by atoms with Gasteiger partial charge in [0.05, 0.1) is 27.6 Å². The highest BCUT2D eigenvalue weighted by atomic mass is 16.1. The molecule has 4 heteroatoms. The zero-order valence-corrected chi connectivity index (χ0v) is 32.0. The Kier molecular flexibility index (Phi) is 7.35. The van der Waals surface area contributed by atoms with Crippen LogP contribution in [0, 0.1) is 0 Å². The molecule has 4 nitrogen and oxygen atoms in total. The number of pyridine rings is 1. The molecule has 12 rings (SSSR count). The van der Waals surface area contributed by atoms with E-state index in [9.17, 15) is 4.79 Å². The van der Waals surface area contributed by atoms with Gasteiger partial charge in [-0.1, -0.05) is 121 Å². The molecule has 12 aromatic rings. The molecule has 3 heterocycles. The van der Waals surface area contributed by atoms with Crippen molar-refractivity contribution in [2.45, 2.75) is 0 Å². The topological polar surface area (TPSA) is 31.9 Å². The van der Waals surface area contributed by atoms with Gasteiger partial charge < -0.3 is 9.13 Å². The van der Waals surface area contributed by atoms with Gasteiger partial charge in [-0.05, 0) is 119 Å². The van der Waals surface area contributed by atoms with Gasteiger partial charge in [-0.3, -0.25) is 9.36 Å². The predicted molar refractivity (Wildman–Crippen MR) is 247 cm³/mol. The Morgan fingerprint density at radius 2 is 0.695 bits per heavy atom. The van der Waals surface area contributed by atoms with E-state index in [1.54, 1.807) is 0 Å². The van der Waals surface area contributed by atoms with Crippen LogP contribution in [0.5, 0.6) is 0 Å². The molecule has 276 valence electrons. The molecule has 0 N–H and O–H groups in total. The van der Waals surface area contributed by atoms with Gasteiger partial charge in [0.25, 0.3) is 5.56 Å². The number of para-hydroxylation sites is 4. The quantitative estimate of drug-likeness (QED) is 0.161. The summed E-state index contributed by atoms with van der Waals surface area (Å²) < 4.78 is 6.61. The molecule has 0 spiro atoms. The molecule has 0 saturated carbocycles. The summed E-state index contributed by atoms with van der Waals surface area (Å²) in [6.07, 6.45) is 0. The van der Waals surface area contributed by atoms with E-state index in [1.165, 1.54) is 43.7 Å². The monoisotopic (exact) mass is 753 g/mol. The highest BCUT2D eigenvalue weighted by Gasteiger charge is 2.20. The molecule has 0 saturated heterocycles. The highest BCUT2D eigenvalue weighted by molar-refractivity contribution is 6.18. The Bertz CT molecular complexity index is 3670. The maximum absolute atomic E-state index is 14.0. The van der Waals surface area contributed by atoms with Crippen LogP contribution in [0.1, 0.15) is 0 Å². The summed E-state index contributed by atoms with van der Waals surface area (Å²) in [4.78, 5) is 14.0. The number of hydrogen-bond acceptors (Lipinski definition) is 1. The third kappa shape index (κ3) is 5.06. The molecule has 0 bridgehead atoms. The molecule has 0 fully saturated rings. The second kappa shape index (κ2) is 13.1. The fraction of sp³-hybridized carbons (Fsp3) is 0. The van der Waals surface area contributed by atoms with Gasteiger partial charge in [0, 0.05) is 49.4 Å². The van der Waals surface area contributed by atoms with E-state index in [0.29, 0.717) is 5.39 Å². The summed E-state index contributed by atoms with van der Waals surface area (Å²) >= 11 is 0. The molecule has 0 unspecified atom stereocenters. The Balaban J connectivity index is 1.11. The summed E-state index contributed by atoms with van der Waals surface area (Å²) in [5, 5.41) is 7.55. The minimum absolute atomic E-state index is 0.0162. The van der Waals surface area contributed by atoms with Crippen molar-refractivity contribution in [2.75, 3.05) is 0 Å². The average molecular weight is 754 g/mol. The fourth-order valence-electron chi connectivity index (χ4n) is 9.44. The standard InChI is InChI=1S/C55H35N3O/c59-55-45-23-11-10-21-43(45)46-33-36(27-30-51(46)58(55)41-19-8-3-9-20-41)37-28-31-52-48(34-37)54-42(24-14-26-53(54)57(52)40-17-6-2-7-18-40)38-29-32-50-47(35-38)44-22-12-13-25-49(44)56(50)39-15-4-1-5-16-39/h1-35H. The molecule has 0 atom stereocenters. The van der Waals surface area contributed by atoms with Gasteiger partial charge in [0.1, 0.15) is 0 Å². The lowest BCUT2D eigenvalue weighted by Gasteiger charge is -2.15. The normalized spacial score (nSPS) is 11.8. The third-order valence-corrected chi connectivity index (χ3v) is 12.0. The van der Waals surface area contributed by atoms with Gasteiger partial charge in [-0.2, -0.15) is 0 Å². The molecular formula is C55H35N3O. The number of rotatable bonds is 5. The summed E-state index contributed by atoms with van der Waals surface area (Å²) in [6.45, 7) is 0. The Hall–Kier alpha value is -7.95. The lowest BCUT2D eigenvalue weighted by molar-refractivity contribution is 1.06. The Labute approximate surface area is 339 Å². The summed E-state index contributed by atoms with van der Waals surface area (Å²) in [5.41, 5.74) is 13.2. The van der Waals surface area contributed by atoms with Crippen LogP contribution in [0.15, 0.2) is 217 Å². The molecule has 0 aliphatic heterocycles. The van der Waals surface area contributed by atoms with Crippen LogP contribution in [0.4, 0.5) is 0 Å². The number of benzene rings is 9. The molecular weight excluding hydrogens is 719 g/mol. The number of aromatic nitrogens is 3. The molecule has 0 radical (unpaired) electrons. The lowest BCUT2D eigenvalue weighted by atomic mass is 9.95. The van der Waals surface area contributed by atoms with E-state index >= 15 is 0 Å². The van der Waals surface area contributed by atoms with Gasteiger partial charge in [-0.25, -0.2) is 0 Å². The van der Waals surface area contributed by atoms with Crippen molar-refractivity contribution < 1.29 is 0 Å². The van der Waals surface area contributed by atoms with E-state index in [2.05, 4.69) is 173 Å². The molecule has 0 amide bonds. The van der Waals surface area contributed by atoms with Gasteiger partial charge >= 0.3 is 0 Å². The fourth-order valence-corrected chi connectivity index (χ4v) is 9.44. The van der Waals surface area contributed by atoms with Crippen LogP contribution in [-0.2, 0) is 0 Å². The van der Waals surface area contributed by atoms with Crippen LogP contribution < -0.4 is 5.56 Å². The van der Waals surface area contributed by atoms with E-state index in [1.807, 2.05) is 53.1 Å². The first-order valence-corrected chi connectivity index (χ1v) is 20.1. The van der Waals surface area contributed by atoms with Crippen LogP contribution in [0.2, 0.25) is 0 Å². The first-order valence-electron chi connectivity index (χ1n) is 20.1. The van der Waals surface area contributed by atoms with E-state index in [-0.39, 0.29) is 5.56 Å². The van der Waals surface area contributed by atoms with Crippen molar-refractivity contribution in [2.24, 2.45) is 0 Å². The van der Waals surface area contributed by atoms with Crippen molar-refractivity contribution in [3.05, 3.63) is 223 Å². The van der Waals surface area contributed by atoms with E-state index in [4.69, 9.17) is 0 Å². The summed E-state index contributed by atoms with van der Waals surface area (Å²) in [6, 6.07) is 74.9. The predicted octanol–water partition coefficient (Wildman–Crippen LogP) is 13.7. The van der Waals surface area contributed by atoms with Crippen molar-refractivity contribution in [1.29, 1.82) is 0 Å². The van der Waals surface area contributed by atoms with Crippen LogP contribution >= 0.6 is 0 Å². The smallest absolute Gasteiger partial charge is 0.263 e. The maximum Gasteiger partial charge on any atom is 0.263 e. The van der Waals surface area contributed by atoms with Crippen molar-refractivity contribution in [3.63, 3.8) is 0 Å². The number of fused-ring (bicyclic) bond motifs is 9. The highest BCUT2D eigenvalue weighted by Crippen LogP contribution is 2.42. The van der Waals surface area contributed by atoms with Crippen molar-refractivity contribution >= 4 is 65.3 Å². The Morgan fingerprint density at radius 1 is 0.271 bits per heavy atom. The zero-order valence-electron chi connectivity index (χ0n) is 32.0. The van der Waals surface area contributed by atoms with E-state index < -0.39 is 0 Å². The van der Waals surface area contributed by atoms with Crippen LogP contribution in [-0.4, -0.2) is 13.7 Å². The van der Waals surface area contributed by atoms with Crippen LogP contribution in [0.25, 0.3) is 105 Å². The van der Waals surface area contributed by atoms with Crippen LogP contribution in [0.3, 0.4) is 0 Å². The summed E-state index contributed by atoms with van der Waals surface area (Å²) in [5.74, 6) is 0. The lowest BCUT2D eigenvalue weighted by Crippen LogP contribution is -2.19. The summed E-state index contributed by atoms with van der Waals surface area (Å²) in [7, 11) is 0. The SMILES string of the molecule is O=c1c2ccccc2c2cc(-c3ccc4c(c3)c3c(-c5ccc6c(c5)c5ccccc5n6-c5ccccc5)cccc3n4-c3ccccc3)ccc2n1-c1ccccc1. The first-order chi connectivity index (χ1) is 29.2. The second-order valence-electron chi connectivity index (χ2n) is 15.3. The van der Waals surface area contributed by atoms with Gasteiger partial charge in [-0.15, -0.1) is 0 Å². The third-order valence-electron chi connectivity index (χ3n) is 12.0. The molecule has 9 aromatic carbocycles. The zero-order chi connectivity index (χ0) is 39.0. The maximum atomic E-state index is 14.0.